The number of nitrogens with one attached hydrogen (secondary N) is 1. The van der Waals surface area contributed by atoms with E-state index in [4.69, 9.17) is 9.47 Å². The molecule has 6 heteroatoms. The first-order chi connectivity index (χ1) is 9.08. The second-order valence-corrected chi connectivity index (χ2v) is 4.86. The fraction of sp³-hybridized carbons (Fsp3) is 0.923. The Morgan fingerprint density at radius 3 is 2.53 bits per heavy atom. The first-order valence-electron chi connectivity index (χ1n) is 6.81. The number of hydrogen-bond acceptors (Lipinski definition) is 5. The van der Waals surface area contributed by atoms with Gasteiger partial charge in [0.25, 0.3) is 0 Å². The standard InChI is InChI=1S/C13H25NO5/c1-4-9-12(14-11(16)5-2)13(17)8(7-18-3)10(6-15)19-9/h8-10,12-13,15,17H,4-7H2,1-3H3,(H,14,16). The van der Waals surface area contributed by atoms with E-state index < -0.39 is 18.2 Å². The second kappa shape index (κ2) is 7.79. The van der Waals surface area contributed by atoms with Crippen molar-refractivity contribution in [1.29, 1.82) is 0 Å². The van der Waals surface area contributed by atoms with Gasteiger partial charge in [-0.3, -0.25) is 4.79 Å². The Bertz CT molecular complexity index is 286. The third-order valence-electron chi connectivity index (χ3n) is 3.62. The molecule has 1 aliphatic rings. The third-order valence-corrected chi connectivity index (χ3v) is 3.62. The quantitative estimate of drug-likeness (QED) is 0.618. The predicted octanol–water partition coefficient (Wildman–Crippen LogP) is -0.326. The van der Waals surface area contributed by atoms with E-state index >= 15 is 0 Å². The highest BCUT2D eigenvalue weighted by Gasteiger charge is 2.44. The molecule has 1 saturated heterocycles. The first kappa shape index (κ1) is 16.4. The molecular formula is C13H25NO5. The molecule has 0 aromatic carbocycles. The summed E-state index contributed by atoms with van der Waals surface area (Å²) < 4.78 is 10.8. The molecule has 19 heavy (non-hydrogen) atoms. The van der Waals surface area contributed by atoms with E-state index in [1.165, 1.54) is 7.11 Å². The second-order valence-electron chi connectivity index (χ2n) is 4.86. The molecule has 3 N–H and O–H groups in total. The Morgan fingerprint density at radius 2 is 2.05 bits per heavy atom. The molecule has 0 radical (unpaired) electrons. The minimum Gasteiger partial charge on any atom is -0.394 e. The molecule has 0 aromatic heterocycles. The lowest BCUT2D eigenvalue weighted by Crippen LogP contribution is -2.62. The zero-order valence-corrected chi connectivity index (χ0v) is 11.8. The van der Waals surface area contributed by atoms with Gasteiger partial charge in [0, 0.05) is 19.4 Å². The number of aliphatic hydroxyl groups is 2. The minimum atomic E-state index is -0.786. The summed E-state index contributed by atoms with van der Waals surface area (Å²) in [5, 5.41) is 22.6. The van der Waals surface area contributed by atoms with Gasteiger partial charge in [-0.25, -0.2) is 0 Å². The van der Waals surface area contributed by atoms with Gasteiger partial charge in [0.2, 0.25) is 5.91 Å². The minimum absolute atomic E-state index is 0.121. The lowest BCUT2D eigenvalue weighted by Gasteiger charge is -2.44. The topological polar surface area (TPSA) is 88.0 Å². The van der Waals surface area contributed by atoms with Crippen molar-refractivity contribution in [1.82, 2.24) is 5.32 Å². The van der Waals surface area contributed by atoms with E-state index in [1.807, 2.05) is 6.92 Å². The van der Waals surface area contributed by atoms with Crippen molar-refractivity contribution in [2.45, 2.75) is 51.0 Å². The van der Waals surface area contributed by atoms with E-state index in [-0.39, 0.29) is 31.1 Å². The van der Waals surface area contributed by atoms with Crippen LogP contribution in [-0.2, 0) is 14.3 Å². The van der Waals surface area contributed by atoms with Crippen molar-refractivity contribution in [3.8, 4) is 0 Å². The summed E-state index contributed by atoms with van der Waals surface area (Å²) in [4.78, 5) is 11.5. The summed E-state index contributed by atoms with van der Waals surface area (Å²) in [7, 11) is 1.53. The molecule has 1 aliphatic heterocycles. The number of carbonyl (C=O) groups excluding carboxylic acids is 1. The molecular weight excluding hydrogens is 250 g/mol. The van der Waals surface area contributed by atoms with Crippen molar-refractivity contribution in [2.75, 3.05) is 20.3 Å². The van der Waals surface area contributed by atoms with Crippen molar-refractivity contribution in [2.24, 2.45) is 5.92 Å². The average molecular weight is 275 g/mol. The molecule has 0 spiro atoms. The first-order valence-corrected chi connectivity index (χ1v) is 6.81. The molecule has 1 amide bonds. The Labute approximate surface area is 114 Å². The highest BCUT2D eigenvalue weighted by atomic mass is 16.5. The van der Waals surface area contributed by atoms with Gasteiger partial charge in [0.15, 0.2) is 0 Å². The van der Waals surface area contributed by atoms with Crippen molar-refractivity contribution >= 4 is 5.91 Å². The predicted molar refractivity (Wildman–Crippen MR) is 69.6 cm³/mol. The van der Waals surface area contributed by atoms with Crippen LogP contribution in [-0.4, -0.2) is 60.8 Å². The van der Waals surface area contributed by atoms with Gasteiger partial charge in [-0.1, -0.05) is 13.8 Å². The third kappa shape index (κ3) is 3.89. The Kier molecular flexibility index (Phi) is 6.71. The highest BCUT2D eigenvalue weighted by Crippen LogP contribution is 2.28. The Morgan fingerprint density at radius 1 is 1.37 bits per heavy atom. The van der Waals surface area contributed by atoms with Crippen LogP contribution in [0.3, 0.4) is 0 Å². The normalized spacial score (nSPS) is 35.1. The Hall–Kier alpha value is -0.690. The molecule has 5 unspecified atom stereocenters. The number of aliphatic hydroxyl groups excluding tert-OH is 2. The number of methoxy groups -OCH3 is 1. The van der Waals surface area contributed by atoms with Crippen molar-refractivity contribution in [3.63, 3.8) is 0 Å². The molecule has 0 aromatic rings. The molecule has 1 heterocycles. The van der Waals surface area contributed by atoms with Gasteiger partial charge < -0.3 is 25.0 Å². The van der Waals surface area contributed by atoms with Gasteiger partial charge in [-0.15, -0.1) is 0 Å². The van der Waals surface area contributed by atoms with Crippen LogP contribution in [0.25, 0.3) is 0 Å². The van der Waals surface area contributed by atoms with E-state index in [0.717, 1.165) is 0 Å². The molecule has 0 aliphatic carbocycles. The summed E-state index contributed by atoms with van der Waals surface area (Å²) in [6.45, 7) is 3.79. The van der Waals surface area contributed by atoms with Crippen molar-refractivity contribution in [3.05, 3.63) is 0 Å². The molecule has 1 rings (SSSR count). The van der Waals surface area contributed by atoms with Crippen molar-refractivity contribution < 1.29 is 24.5 Å². The zero-order valence-electron chi connectivity index (χ0n) is 11.8. The van der Waals surface area contributed by atoms with Crippen LogP contribution in [0, 0.1) is 5.92 Å². The number of hydrogen-bond donors (Lipinski definition) is 3. The smallest absolute Gasteiger partial charge is 0.220 e. The molecule has 0 saturated carbocycles. The van der Waals surface area contributed by atoms with Gasteiger partial charge in [-0.05, 0) is 6.42 Å². The van der Waals surface area contributed by atoms with Crippen LogP contribution in [0.5, 0.6) is 0 Å². The molecule has 112 valence electrons. The number of rotatable bonds is 6. The summed E-state index contributed by atoms with van der Waals surface area (Å²) in [6.07, 6.45) is -0.531. The van der Waals surface area contributed by atoms with E-state index in [0.29, 0.717) is 12.8 Å². The van der Waals surface area contributed by atoms with E-state index in [2.05, 4.69) is 5.32 Å². The van der Waals surface area contributed by atoms with Crippen LogP contribution in [0.2, 0.25) is 0 Å². The summed E-state index contributed by atoms with van der Waals surface area (Å²) in [5.41, 5.74) is 0. The van der Waals surface area contributed by atoms with E-state index in [1.54, 1.807) is 6.92 Å². The fourth-order valence-electron chi connectivity index (χ4n) is 2.51. The number of ether oxygens (including phenoxy) is 2. The van der Waals surface area contributed by atoms with Gasteiger partial charge in [0.05, 0.1) is 37.6 Å². The SMILES string of the molecule is CCC(=O)NC1C(CC)OC(CO)C(COC)C1O. The molecule has 1 fully saturated rings. The lowest BCUT2D eigenvalue weighted by molar-refractivity contribution is -0.180. The molecule has 5 atom stereocenters. The van der Waals surface area contributed by atoms with Crippen LogP contribution in [0.4, 0.5) is 0 Å². The molecule has 6 nitrogen and oxygen atoms in total. The van der Waals surface area contributed by atoms with Gasteiger partial charge >= 0.3 is 0 Å². The maximum absolute atomic E-state index is 11.5. The van der Waals surface area contributed by atoms with Crippen LogP contribution < -0.4 is 5.32 Å². The van der Waals surface area contributed by atoms with Gasteiger partial charge in [0.1, 0.15) is 0 Å². The molecule has 0 bridgehead atoms. The summed E-state index contributed by atoms with van der Waals surface area (Å²) >= 11 is 0. The maximum atomic E-state index is 11.5. The number of carbonyl (C=O) groups is 1. The largest absolute Gasteiger partial charge is 0.394 e. The Balaban J connectivity index is 2.84. The summed E-state index contributed by atoms with van der Waals surface area (Å²) in [6, 6.07) is -0.458. The maximum Gasteiger partial charge on any atom is 0.220 e. The van der Waals surface area contributed by atoms with Crippen LogP contribution in [0.1, 0.15) is 26.7 Å². The average Bonchev–Trinajstić information content (AvgIpc) is 2.43. The zero-order chi connectivity index (χ0) is 14.4. The lowest BCUT2D eigenvalue weighted by atomic mass is 9.84. The number of amides is 1. The monoisotopic (exact) mass is 275 g/mol. The van der Waals surface area contributed by atoms with Gasteiger partial charge in [-0.2, -0.15) is 0 Å². The fourth-order valence-corrected chi connectivity index (χ4v) is 2.51. The highest BCUT2D eigenvalue weighted by molar-refractivity contribution is 5.76. The van der Waals surface area contributed by atoms with E-state index in [9.17, 15) is 15.0 Å². The van der Waals surface area contributed by atoms with Crippen LogP contribution in [0.15, 0.2) is 0 Å². The summed E-state index contributed by atoms with van der Waals surface area (Å²) in [5.74, 6) is -0.468. The van der Waals surface area contributed by atoms with Crippen LogP contribution >= 0.6 is 0 Å².